The molecule has 0 aliphatic carbocycles. The summed E-state index contributed by atoms with van der Waals surface area (Å²) in [4.78, 5) is 0. The van der Waals surface area contributed by atoms with Crippen LogP contribution >= 0.6 is 0 Å². The van der Waals surface area contributed by atoms with Gasteiger partial charge < -0.3 is 10.1 Å². The number of methoxy groups -OCH3 is 1. The molecule has 1 aliphatic heterocycles. The van der Waals surface area contributed by atoms with Gasteiger partial charge in [0.25, 0.3) is 0 Å². The molecule has 1 saturated heterocycles. The van der Waals surface area contributed by atoms with Gasteiger partial charge in [0, 0.05) is 12.6 Å². The molecule has 0 amide bonds. The molecule has 1 fully saturated rings. The smallest absolute Gasteiger partial charge is 0.0647 e. The minimum atomic E-state index is 0.169. The first-order valence-electron chi connectivity index (χ1n) is 6.04. The van der Waals surface area contributed by atoms with E-state index in [9.17, 15) is 0 Å². The Morgan fingerprint density at radius 2 is 2.31 bits per heavy atom. The Kier molecular flexibility index (Phi) is 3.62. The van der Waals surface area contributed by atoms with E-state index in [0.717, 1.165) is 19.6 Å². The Balaban J connectivity index is 2.11. The third kappa shape index (κ3) is 2.63. The average molecular weight is 219 g/mol. The monoisotopic (exact) mass is 219 g/mol. The van der Waals surface area contributed by atoms with Crippen LogP contribution in [-0.4, -0.2) is 25.8 Å². The Hall–Kier alpha value is -0.860. The number of ether oxygens (including phenoxy) is 1. The first-order valence-corrected chi connectivity index (χ1v) is 6.04. The number of hydrogen-bond donors (Lipinski definition) is 1. The highest BCUT2D eigenvalue weighted by Gasteiger charge is 2.33. The van der Waals surface area contributed by atoms with Crippen LogP contribution in [0.3, 0.4) is 0 Å². The zero-order valence-electron chi connectivity index (χ0n) is 10.3. The number of aryl methyl sites for hydroxylation is 1. The van der Waals surface area contributed by atoms with Gasteiger partial charge in [-0.2, -0.15) is 0 Å². The number of hydrogen-bond acceptors (Lipinski definition) is 2. The lowest BCUT2D eigenvalue weighted by molar-refractivity contribution is 0.120. The second-order valence-corrected chi connectivity index (χ2v) is 4.91. The molecule has 2 nitrogen and oxygen atoms in total. The molecule has 16 heavy (non-hydrogen) atoms. The van der Waals surface area contributed by atoms with Crippen LogP contribution in [0.4, 0.5) is 0 Å². The molecule has 0 bridgehead atoms. The Morgan fingerprint density at radius 3 is 2.94 bits per heavy atom. The van der Waals surface area contributed by atoms with Gasteiger partial charge in [0.2, 0.25) is 0 Å². The molecule has 0 spiro atoms. The van der Waals surface area contributed by atoms with Gasteiger partial charge in [0.1, 0.15) is 0 Å². The van der Waals surface area contributed by atoms with Crippen molar-refractivity contribution in [3.63, 3.8) is 0 Å². The van der Waals surface area contributed by atoms with Crippen molar-refractivity contribution in [3.8, 4) is 0 Å². The van der Waals surface area contributed by atoms with Gasteiger partial charge in [-0.3, -0.25) is 0 Å². The zero-order chi connectivity index (χ0) is 11.4. The van der Waals surface area contributed by atoms with Crippen LogP contribution in [0.25, 0.3) is 0 Å². The number of benzene rings is 1. The van der Waals surface area contributed by atoms with E-state index in [2.05, 4.69) is 36.5 Å². The quantitative estimate of drug-likeness (QED) is 0.839. The molecule has 0 saturated carbocycles. The fourth-order valence-corrected chi connectivity index (χ4v) is 2.68. The summed E-state index contributed by atoms with van der Waals surface area (Å²) < 4.78 is 5.37. The predicted molar refractivity (Wildman–Crippen MR) is 66.7 cm³/mol. The van der Waals surface area contributed by atoms with Gasteiger partial charge in [-0.25, -0.2) is 0 Å². The van der Waals surface area contributed by atoms with Crippen molar-refractivity contribution < 1.29 is 4.74 Å². The first kappa shape index (κ1) is 11.6. The summed E-state index contributed by atoms with van der Waals surface area (Å²) in [5.41, 5.74) is 2.91. The molecule has 0 radical (unpaired) electrons. The molecule has 0 aromatic heterocycles. The molecule has 1 unspecified atom stereocenters. The Bertz CT molecular complexity index is 342. The van der Waals surface area contributed by atoms with Gasteiger partial charge in [-0.1, -0.05) is 29.8 Å². The van der Waals surface area contributed by atoms with Crippen molar-refractivity contribution in [1.82, 2.24) is 5.32 Å². The number of rotatable bonds is 4. The van der Waals surface area contributed by atoms with Crippen molar-refractivity contribution in [1.29, 1.82) is 0 Å². The zero-order valence-corrected chi connectivity index (χ0v) is 10.3. The van der Waals surface area contributed by atoms with Crippen LogP contribution in [0.2, 0.25) is 0 Å². The van der Waals surface area contributed by atoms with Crippen molar-refractivity contribution in [2.24, 2.45) is 0 Å². The van der Waals surface area contributed by atoms with Crippen molar-refractivity contribution in [2.75, 3.05) is 20.3 Å². The molecular weight excluding hydrogens is 198 g/mol. The molecule has 1 heterocycles. The minimum absolute atomic E-state index is 0.169. The average Bonchev–Trinajstić information content (AvgIpc) is 2.67. The molecule has 1 aliphatic rings. The van der Waals surface area contributed by atoms with E-state index in [0.29, 0.717) is 0 Å². The lowest BCUT2D eigenvalue weighted by atomic mass is 9.89. The lowest BCUT2D eigenvalue weighted by Gasteiger charge is -2.29. The van der Waals surface area contributed by atoms with Crippen LogP contribution in [0.1, 0.15) is 24.0 Å². The largest absolute Gasteiger partial charge is 0.383 e. The Labute approximate surface area is 98.0 Å². The molecule has 1 aromatic rings. The maximum atomic E-state index is 5.37. The highest BCUT2D eigenvalue weighted by molar-refractivity contribution is 5.24. The molecule has 1 N–H and O–H groups in total. The van der Waals surface area contributed by atoms with Crippen LogP contribution in [-0.2, 0) is 11.2 Å². The molecule has 2 heteroatoms. The van der Waals surface area contributed by atoms with Gasteiger partial charge in [-0.15, -0.1) is 0 Å². The summed E-state index contributed by atoms with van der Waals surface area (Å²) in [5, 5.41) is 3.61. The van der Waals surface area contributed by atoms with Crippen molar-refractivity contribution in [3.05, 3.63) is 35.4 Å². The van der Waals surface area contributed by atoms with Gasteiger partial charge in [0.15, 0.2) is 0 Å². The summed E-state index contributed by atoms with van der Waals surface area (Å²) in [5.74, 6) is 0. The normalized spacial score (nSPS) is 24.9. The first-order chi connectivity index (χ1) is 7.74. The maximum absolute atomic E-state index is 5.37. The number of nitrogens with one attached hydrogen (secondary N) is 1. The van der Waals surface area contributed by atoms with E-state index in [1.165, 1.54) is 24.0 Å². The summed E-state index contributed by atoms with van der Waals surface area (Å²) in [6.45, 7) is 4.07. The van der Waals surface area contributed by atoms with E-state index < -0.39 is 0 Å². The van der Waals surface area contributed by atoms with Gasteiger partial charge >= 0.3 is 0 Å². The SMILES string of the molecule is COCC1(Cc2cccc(C)c2)CCCN1. The van der Waals surface area contributed by atoms with Gasteiger partial charge in [-0.05, 0) is 38.3 Å². The van der Waals surface area contributed by atoms with E-state index in [1.807, 2.05) is 0 Å². The third-order valence-electron chi connectivity index (χ3n) is 3.38. The van der Waals surface area contributed by atoms with Crippen molar-refractivity contribution >= 4 is 0 Å². The van der Waals surface area contributed by atoms with E-state index in [1.54, 1.807) is 7.11 Å². The highest BCUT2D eigenvalue weighted by atomic mass is 16.5. The van der Waals surface area contributed by atoms with Crippen molar-refractivity contribution in [2.45, 2.75) is 31.7 Å². The topological polar surface area (TPSA) is 21.3 Å². The lowest BCUT2D eigenvalue weighted by Crippen LogP contribution is -2.46. The fourth-order valence-electron chi connectivity index (χ4n) is 2.68. The van der Waals surface area contributed by atoms with Crippen LogP contribution in [0, 0.1) is 6.92 Å². The standard InChI is InChI=1S/C14H21NO/c1-12-5-3-6-13(9-12)10-14(11-16-2)7-4-8-15-14/h3,5-6,9,15H,4,7-8,10-11H2,1-2H3. The van der Waals surface area contributed by atoms with E-state index in [4.69, 9.17) is 4.74 Å². The molecule has 2 rings (SSSR count). The summed E-state index contributed by atoms with van der Waals surface area (Å²) >= 11 is 0. The Morgan fingerprint density at radius 1 is 1.44 bits per heavy atom. The predicted octanol–water partition coefficient (Wildman–Crippen LogP) is 2.31. The second-order valence-electron chi connectivity index (χ2n) is 4.91. The van der Waals surface area contributed by atoms with E-state index >= 15 is 0 Å². The molecule has 1 aromatic carbocycles. The van der Waals surface area contributed by atoms with Crippen LogP contribution in [0.5, 0.6) is 0 Å². The van der Waals surface area contributed by atoms with Crippen LogP contribution < -0.4 is 5.32 Å². The summed E-state index contributed by atoms with van der Waals surface area (Å²) in [7, 11) is 1.79. The van der Waals surface area contributed by atoms with Gasteiger partial charge in [0.05, 0.1) is 6.61 Å². The summed E-state index contributed by atoms with van der Waals surface area (Å²) in [6, 6.07) is 8.77. The minimum Gasteiger partial charge on any atom is -0.383 e. The highest BCUT2D eigenvalue weighted by Crippen LogP contribution is 2.24. The second kappa shape index (κ2) is 4.98. The van der Waals surface area contributed by atoms with E-state index in [-0.39, 0.29) is 5.54 Å². The molecular formula is C14H21NO. The third-order valence-corrected chi connectivity index (χ3v) is 3.38. The fraction of sp³-hybridized carbons (Fsp3) is 0.571. The maximum Gasteiger partial charge on any atom is 0.0647 e. The van der Waals surface area contributed by atoms with Crippen LogP contribution in [0.15, 0.2) is 24.3 Å². The molecule has 1 atom stereocenters. The molecule has 88 valence electrons. The summed E-state index contributed by atoms with van der Waals surface area (Å²) in [6.07, 6.45) is 3.55.